The van der Waals surface area contributed by atoms with E-state index in [9.17, 15) is 9.90 Å². The maximum absolute atomic E-state index is 11.4. The molecule has 23 heavy (non-hydrogen) atoms. The van der Waals surface area contributed by atoms with Crippen LogP contribution in [0.3, 0.4) is 0 Å². The van der Waals surface area contributed by atoms with Crippen molar-refractivity contribution in [1.82, 2.24) is 9.88 Å². The fourth-order valence-electron chi connectivity index (χ4n) is 3.13. The summed E-state index contributed by atoms with van der Waals surface area (Å²) >= 11 is 0. The monoisotopic (exact) mass is 311 g/mol. The van der Waals surface area contributed by atoms with Crippen molar-refractivity contribution in [3.8, 4) is 0 Å². The zero-order chi connectivity index (χ0) is 16.2. The molecule has 1 aliphatic rings. The van der Waals surface area contributed by atoms with Crippen LogP contribution in [0.25, 0.3) is 0 Å². The lowest BCUT2D eigenvalue weighted by Gasteiger charge is -2.27. The molecule has 0 amide bonds. The zero-order valence-electron chi connectivity index (χ0n) is 13.2. The smallest absolute Gasteiger partial charge is 0.339 e. The summed E-state index contributed by atoms with van der Waals surface area (Å²) in [6.07, 6.45) is 2.66. The normalized spacial score (nSPS) is 18.0. The van der Waals surface area contributed by atoms with Gasteiger partial charge in [0.05, 0.1) is 0 Å². The predicted molar refractivity (Wildman–Crippen MR) is 89.7 cm³/mol. The molecule has 1 aliphatic heterocycles. The highest BCUT2D eigenvalue weighted by Gasteiger charge is 2.28. The van der Waals surface area contributed by atoms with Gasteiger partial charge in [-0.05, 0) is 24.1 Å². The third kappa shape index (κ3) is 3.51. The summed E-state index contributed by atoms with van der Waals surface area (Å²) in [5.41, 5.74) is 1.57. The number of nitrogens with zero attached hydrogens (tertiary/aromatic N) is 3. The van der Waals surface area contributed by atoms with Gasteiger partial charge in [-0.1, -0.05) is 30.3 Å². The molecule has 2 heterocycles. The van der Waals surface area contributed by atoms with Crippen molar-refractivity contribution < 1.29 is 9.90 Å². The topological polar surface area (TPSA) is 56.7 Å². The van der Waals surface area contributed by atoms with E-state index in [0.29, 0.717) is 5.82 Å². The molecule has 0 radical (unpaired) electrons. The van der Waals surface area contributed by atoms with Crippen LogP contribution in [0.1, 0.15) is 22.3 Å². The van der Waals surface area contributed by atoms with Gasteiger partial charge in [0, 0.05) is 38.9 Å². The van der Waals surface area contributed by atoms with Crippen LogP contribution in [-0.4, -0.2) is 47.1 Å². The first-order valence-corrected chi connectivity index (χ1v) is 7.82. The molecule has 120 valence electrons. The number of carbonyl (C=O) groups is 1. The Hall–Kier alpha value is -2.40. The van der Waals surface area contributed by atoms with Crippen LogP contribution in [0.5, 0.6) is 0 Å². The van der Waals surface area contributed by atoms with Gasteiger partial charge >= 0.3 is 5.97 Å². The molecule has 0 unspecified atom stereocenters. The van der Waals surface area contributed by atoms with E-state index in [1.165, 1.54) is 5.56 Å². The van der Waals surface area contributed by atoms with Crippen molar-refractivity contribution in [2.45, 2.75) is 19.0 Å². The zero-order valence-corrected chi connectivity index (χ0v) is 13.2. The molecule has 1 aromatic heterocycles. The van der Waals surface area contributed by atoms with Crippen LogP contribution >= 0.6 is 0 Å². The Morgan fingerprint density at radius 3 is 2.83 bits per heavy atom. The van der Waals surface area contributed by atoms with E-state index in [1.807, 2.05) is 18.0 Å². The first kappa shape index (κ1) is 15.5. The largest absolute Gasteiger partial charge is 0.478 e. The van der Waals surface area contributed by atoms with Gasteiger partial charge in [0.15, 0.2) is 0 Å². The number of aromatic carboxylic acids is 1. The lowest BCUT2D eigenvalue weighted by Crippen LogP contribution is -2.36. The third-order valence-electron chi connectivity index (χ3n) is 4.40. The number of rotatable bonds is 5. The summed E-state index contributed by atoms with van der Waals surface area (Å²) in [4.78, 5) is 20.1. The van der Waals surface area contributed by atoms with E-state index in [0.717, 1.165) is 26.1 Å². The summed E-state index contributed by atoms with van der Waals surface area (Å²) in [6, 6.07) is 14.0. The molecule has 0 aliphatic carbocycles. The number of pyridine rings is 1. The van der Waals surface area contributed by atoms with E-state index in [-0.39, 0.29) is 11.6 Å². The number of likely N-dealkylation sites (tertiary alicyclic amines) is 1. The fraction of sp³-hybridized carbons (Fsp3) is 0.333. The number of benzene rings is 1. The van der Waals surface area contributed by atoms with Crippen molar-refractivity contribution in [3.63, 3.8) is 0 Å². The highest BCUT2D eigenvalue weighted by Crippen LogP contribution is 2.24. The molecule has 1 N–H and O–H groups in total. The summed E-state index contributed by atoms with van der Waals surface area (Å²) in [5.74, 6) is -0.384. The second-order valence-electron chi connectivity index (χ2n) is 5.95. The Balaban J connectivity index is 1.68. The van der Waals surface area contributed by atoms with E-state index in [2.05, 4.69) is 34.1 Å². The molecule has 1 fully saturated rings. The Morgan fingerprint density at radius 2 is 2.09 bits per heavy atom. The van der Waals surface area contributed by atoms with Gasteiger partial charge in [0.2, 0.25) is 0 Å². The number of hydrogen-bond donors (Lipinski definition) is 1. The molecule has 1 atom stereocenters. The van der Waals surface area contributed by atoms with Crippen LogP contribution in [0.15, 0.2) is 48.7 Å². The van der Waals surface area contributed by atoms with Crippen molar-refractivity contribution in [2.75, 3.05) is 25.0 Å². The molecule has 0 spiro atoms. The molecular formula is C18H21N3O2. The quantitative estimate of drug-likeness (QED) is 0.919. The number of anilines is 1. The van der Waals surface area contributed by atoms with Crippen LogP contribution in [0, 0.1) is 0 Å². The van der Waals surface area contributed by atoms with Gasteiger partial charge < -0.3 is 10.0 Å². The van der Waals surface area contributed by atoms with Crippen LogP contribution in [0.4, 0.5) is 5.82 Å². The Morgan fingerprint density at radius 1 is 1.30 bits per heavy atom. The summed E-state index contributed by atoms with van der Waals surface area (Å²) in [6.45, 7) is 2.86. The van der Waals surface area contributed by atoms with Gasteiger partial charge in [-0.25, -0.2) is 9.78 Å². The summed E-state index contributed by atoms with van der Waals surface area (Å²) in [7, 11) is 1.94. The lowest BCUT2D eigenvalue weighted by molar-refractivity contribution is 0.0697. The third-order valence-corrected chi connectivity index (χ3v) is 4.40. The summed E-state index contributed by atoms with van der Waals surface area (Å²) in [5, 5.41) is 9.33. The summed E-state index contributed by atoms with van der Waals surface area (Å²) < 4.78 is 0. The SMILES string of the molecule is CN(c1ncccc1C(=O)O)[C@H]1CCN(Cc2ccccc2)C1. The minimum Gasteiger partial charge on any atom is -0.478 e. The van der Waals surface area contributed by atoms with E-state index in [1.54, 1.807) is 18.3 Å². The molecular weight excluding hydrogens is 290 g/mol. The number of carboxylic acid groups (broad SMARTS) is 1. The Labute approximate surface area is 136 Å². The lowest BCUT2D eigenvalue weighted by atomic mass is 10.2. The van der Waals surface area contributed by atoms with Crippen LogP contribution in [0.2, 0.25) is 0 Å². The first-order chi connectivity index (χ1) is 11.1. The van der Waals surface area contributed by atoms with Crippen molar-refractivity contribution in [2.24, 2.45) is 0 Å². The number of likely N-dealkylation sites (N-methyl/N-ethyl adjacent to an activating group) is 1. The molecule has 2 aromatic rings. The molecule has 3 rings (SSSR count). The molecule has 0 saturated carbocycles. The second kappa shape index (κ2) is 6.79. The minimum absolute atomic E-state index is 0.261. The molecule has 5 heteroatoms. The van der Waals surface area contributed by atoms with Crippen LogP contribution in [-0.2, 0) is 6.54 Å². The maximum atomic E-state index is 11.4. The standard InChI is InChI=1S/C18H21N3O2/c1-20(17-16(18(22)23)8-5-10-19-17)15-9-11-21(13-15)12-14-6-3-2-4-7-14/h2-8,10,15H,9,11-13H2,1H3,(H,22,23)/t15-/m0/s1. The maximum Gasteiger partial charge on any atom is 0.339 e. The highest BCUT2D eigenvalue weighted by molar-refractivity contribution is 5.93. The molecule has 5 nitrogen and oxygen atoms in total. The van der Waals surface area contributed by atoms with Gasteiger partial charge in [-0.2, -0.15) is 0 Å². The number of aromatic nitrogens is 1. The van der Waals surface area contributed by atoms with E-state index < -0.39 is 5.97 Å². The van der Waals surface area contributed by atoms with Crippen molar-refractivity contribution in [1.29, 1.82) is 0 Å². The molecule has 1 aromatic carbocycles. The highest BCUT2D eigenvalue weighted by atomic mass is 16.4. The second-order valence-corrected chi connectivity index (χ2v) is 5.95. The first-order valence-electron chi connectivity index (χ1n) is 7.82. The predicted octanol–water partition coefficient (Wildman–Crippen LogP) is 2.49. The Kier molecular flexibility index (Phi) is 4.57. The average molecular weight is 311 g/mol. The number of carboxylic acids is 1. The van der Waals surface area contributed by atoms with E-state index in [4.69, 9.17) is 0 Å². The van der Waals surface area contributed by atoms with Gasteiger partial charge in [0.25, 0.3) is 0 Å². The fourth-order valence-corrected chi connectivity index (χ4v) is 3.13. The molecule has 0 bridgehead atoms. The van der Waals surface area contributed by atoms with Crippen molar-refractivity contribution >= 4 is 11.8 Å². The van der Waals surface area contributed by atoms with Gasteiger partial charge in [-0.15, -0.1) is 0 Å². The molecule has 1 saturated heterocycles. The van der Waals surface area contributed by atoms with Crippen LogP contribution < -0.4 is 4.90 Å². The minimum atomic E-state index is -0.931. The van der Waals surface area contributed by atoms with Gasteiger partial charge in [0.1, 0.15) is 11.4 Å². The van der Waals surface area contributed by atoms with Gasteiger partial charge in [-0.3, -0.25) is 4.90 Å². The van der Waals surface area contributed by atoms with E-state index >= 15 is 0 Å². The Bertz CT molecular complexity index is 675. The van der Waals surface area contributed by atoms with Crippen molar-refractivity contribution in [3.05, 3.63) is 59.8 Å². The number of hydrogen-bond acceptors (Lipinski definition) is 4. The average Bonchev–Trinajstić information content (AvgIpc) is 3.03.